The van der Waals surface area contributed by atoms with Gasteiger partial charge >= 0.3 is 0 Å². The molecule has 0 amide bonds. The highest BCUT2D eigenvalue weighted by atomic mass is 15.2. The van der Waals surface area contributed by atoms with E-state index in [-0.39, 0.29) is 0 Å². The van der Waals surface area contributed by atoms with E-state index in [0.29, 0.717) is 11.8 Å². The fourth-order valence-corrected chi connectivity index (χ4v) is 3.71. The number of rotatable bonds is 3. The Kier molecular flexibility index (Phi) is 5.19. The molecule has 3 nitrogen and oxygen atoms in total. The molecule has 1 aromatic rings. The van der Waals surface area contributed by atoms with Crippen molar-refractivity contribution in [2.75, 3.05) is 13.6 Å². The van der Waals surface area contributed by atoms with Crippen LogP contribution < -0.4 is 0 Å². The van der Waals surface area contributed by atoms with Crippen LogP contribution in [0.2, 0.25) is 0 Å². The zero-order valence-corrected chi connectivity index (χ0v) is 15.1. The van der Waals surface area contributed by atoms with Gasteiger partial charge in [0.1, 0.15) is 5.84 Å². The number of benzene rings is 1. The Morgan fingerprint density at radius 2 is 2.08 bits per heavy atom. The van der Waals surface area contributed by atoms with Crippen molar-refractivity contribution in [2.24, 2.45) is 16.8 Å². The lowest BCUT2D eigenvalue weighted by Crippen LogP contribution is -2.39. The maximum Gasteiger partial charge on any atom is 0.103 e. The van der Waals surface area contributed by atoms with Crippen LogP contribution in [0.5, 0.6) is 0 Å². The van der Waals surface area contributed by atoms with Gasteiger partial charge in [0.05, 0.1) is 6.07 Å². The minimum Gasteiger partial charge on any atom is -0.330 e. The highest BCUT2D eigenvalue weighted by Crippen LogP contribution is 2.34. The summed E-state index contributed by atoms with van der Waals surface area (Å²) in [5.41, 5.74) is 4.23. The number of amidine groups is 1. The van der Waals surface area contributed by atoms with Gasteiger partial charge in [0, 0.05) is 31.3 Å². The van der Waals surface area contributed by atoms with Crippen LogP contribution >= 0.6 is 0 Å². The van der Waals surface area contributed by atoms with Gasteiger partial charge in [0.15, 0.2) is 0 Å². The molecule has 1 fully saturated rings. The highest BCUT2D eigenvalue weighted by Gasteiger charge is 2.30. The number of aliphatic imine (C=N–C) groups is 1. The third-order valence-corrected chi connectivity index (χ3v) is 5.32. The molecule has 1 aliphatic carbocycles. The molecule has 0 radical (unpaired) electrons. The van der Waals surface area contributed by atoms with Gasteiger partial charge in [-0.3, -0.25) is 4.99 Å². The van der Waals surface area contributed by atoms with Crippen LogP contribution in [0.15, 0.2) is 59.6 Å². The fourth-order valence-electron chi connectivity index (χ4n) is 3.71. The standard InChI is InChI=1S/C22H25N3/c1-16-4-8-19(9-5-16)17(2)25-13-12-21(14-22(25)24-3)20-10-6-18(15-23)7-11-20/h4-10,20-21H,2,11-14H2,1,3H3/b24-22-. The third kappa shape index (κ3) is 3.74. The summed E-state index contributed by atoms with van der Waals surface area (Å²) in [6, 6.07) is 10.7. The molecule has 0 bridgehead atoms. The van der Waals surface area contributed by atoms with E-state index in [2.05, 4.69) is 65.9 Å². The Balaban J connectivity index is 1.69. The van der Waals surface area contributed by atoms with Gasteiger partial charge in [-0.1, -0.05) is 48.6 Å². The summed E-state index contributed by atoms with van der Waals surface area (Å²) < 4.78 is 0. The zero-order valence-electron chi connectivity index (χ0n) is 15.1. The predicted octanol–water partition coefficient (Wildman–Crippen LogP) is 4.73. The summed E-state index contributed by atoms with van der Waals surface area (Å²) >= 11 is 0. The quantitative estimate of drug-likeness (QED) is 0.803. The summed E-state index contributed by atoms with van der Waals surface area (Å²) in [6.45, 7) is 7.37. The summed E-state index contributed by atoms with van der Waals surface area (Å²) in [7, 11) is 1.87. The molecule has 1 heterocycles. The van der Waals surface area contributed by atoms with E-state index in [4.69, 9.17) is 5.26 Å². The second-order valence-electron chi connectivity index (χ2n) is 6.89. The Morgan fingerprint density at radius 3 is 2.68 bits per heavy atom. The van der Waals surface area contributed by atoms with Crippen LogP contribution in [-0.2, 0) is 0 Å². The molecule has 0 N–H and O–H groups in total. The first-order chi connectivity index (χ1) is 12.1. The number of piperidine rings is 1. The number of hydrogen-bond acceptors (Lipinski definition) is 2. The molecule has 2 atom stereocenters. The first kappa shape index (κ1) is 17.2. The minimum absolute atomic E-state index is 0.503. The van der Waals surface area contributed by atoms with E-state index in [1.54, 1.807) is 0 Å². The van der Waals surface area contributed by atoms with E-state index in [0.717, 1.165) is 48.5 Å². The van der Waals surface area contributed by atoms with Gasteiger partial charge < -0.3 is 4.90 Å². The van der Waals surface area contributed by atoms with E-state index in [1.165, 1.54) is 5.56 Å². The second kappa shape index (κ2) is 7.53. The fraction of sp³-hybridized carbons (Fsp3) is 0.364. The van der Waals surface area contributed by atoms with Crippen LogP contribution in [0.4, 0.5) is 0 Å². The van der Waals surface area contributed by atoms with E-state index in [1.807, 2.05) is 13.1 Å². The lowest BCUT2D eigenvalue weighted by atomic mass is 9.79. The van der Waals surface area contributed by atoms with Crippen LogP contribution in [0.25, 0.3) is 5.70 Å². The Morgan fingerprint density at radius 1 is 1.32 bits per heavy atom. The van der Waals surface area contributed by atoms with Crippen molar-refractivity contribution in [3.05, 3.63) is 65.8 Å². The van der Waals surface area contributed by atoms with Crippen LogP contribution in [0.3, 0.4) is 0 Å². The van der Waals surface area contributed by atoms with E-state index >= 15 is 0 Å². The molecular formula is C22H25N3. The summed E-state index contributed by atoms with van der Waals surface area (Å²) in [4.78, 5) is 6.83. The monoisotopic (exact) mass is 331 g/mol. The van der Waals surface area contributed by atoms with Crippen molar-refractivity contribution >= 4 is 11.5 Å². The minimum atomic E-state index is 0.503. The molecule has 0 spiro atoms. The largest absolute Gasteiger partial charge is 0.330 e. The molecule has 3 heteroatoms. The number of likely N-dealkylation sites (tertiary alicyclic amines) is 1. The van der Waals surface area contributed by atoms with Gasteiger partial charge in [0.2, 0.25) is 0 Å². The van der Waals surface area contributed by atoms with Crippen molar-refractivity contribution in [3.63, 3.8) is 0 Å². The highest BCUT2D eigenvalue weighted by molar-refractivity contribution is 5.91. The second-order valence-corrected chi connectivity index (χ2v) is 6.89. The lowest BCUT2D eigenvalue weighted by molar-refractivity contribution is 0.313. The van der Waals surface area contributed by atoms with Crippen molar-refractivity contribution < 1.29 is 0 Å². The number of aryl methyl sites for hydroxylation is 1. The van der Waals surface area contributed by atoms with Crippen molar-refractivity contribution in [1.82, 2.24) is 4.90 Å². The van der Waals surface area contributed by atoms with E-state index in [9.17, 15) is 0 Å². The molecule has 2 aliphatic rings. The Labute approximate surface area is 150 Å². The van der Waals surface area contributed by atoms with Gasteiger partial charge in [-0.05, 0) is 43.2 Å². The SMILES string of the molecule is C=C(c1ccc(C)cc1)N1CCC(C2C=CC(C#N)=CC2)C/C1=N/C. The summed E-state index contributed by atoms with van der Waals surface area (Å²) in [5, 5.41) is 8.98. The predicted molar refractivity (Wildman–Crippen MR) is 104 cm³/mol. The van der Waals surface area contributed by atoms with Crippen molar-refractivity contribution in [1.29, 1.82) is 5.26 Å². The normalized spacial score (nSPS) is 24.8. The van der Waals surface area contributed by atoms with Gasteiger partial charge in [-0.2, -0.15) is 5.26 Å². The van der Waals surface area contributed by atoms with Crippen LogP contribution in [0.1, 0.15) is 30.4 Å². The third-order valence-electron chi connectivity index (χ3n) is 5.32. The van der Waals surface area contributed by atoms with Crippen LogP contribution in [0, 0.1) is 30.1 Å². The number of allylic oxidation sites excluding steroid dienone is 4. The zero-order chi connectivity index (χ0) is 17.8. The first-order valence-corrected chi connectivity index (χ1v) is 8.90. The summed E-state index contributed by atoms with van der Waals surface area (Å²) in [5.74, 6) is 2.20. The number of nitriles is 1. The number of nitrogens with zero attached hydrogens (tertiary/aromatic N) is 3. The van der Waals surface area contributed by atoms with Crippen molar-refractivity contribution in [2.45, 2.75) is 26.2 Å². The molecule has 3 rings (SSSR count). The molecule has 0 aromatic heterocycles. The molecule has 1 aliphatic heterocycles. The molecule has 25 heavy (non-hydrogen) atoms. The molecule has 2 unspecified atom stereocenters. The van der Waals surface area contributed by atoms with E-state index < -0.39 is 0 Å². The summed E-state index contributed by atoms with van der Waals surface area (Å²) in [6.07, 6.45) is 9.28. The smallest absolute Gasteiger partial charge is 0.103 e. The molecule has 1 aromatic carbocycles. The Bertz CT molecular complexity index is 774. The first-order valence-electron chi connectivity index (χ1n) is 8.90. The average molecular weight is 331 g/mol. The maximum absolute atomic E-state index is 8.98. The Hall–Kier alpha value is -2.60. The molecule has 0 saturated carbocycles. The molecule has 1 saturated heterocycles. The van der Waals surface area contributed by atoms with Gasteiger partial charge in [0.25, 0.3) is 0 Å². The van der Waals surface area contributed by atoms with Gasteiger partial charge in [-0.25, -0.2) is 0 Å². The average Bonchev–Trinajstić information content (AvgIpc) is 2.67. The van der Waals surface area contributed by atoms with Crippen molar-refractivity contribution in [3.8, 4) is 6.07 Å². The topological polar surface area (TPSA) is 39.4 Å². The van der Waals surface area contributed by atoms with Crippen LogP contribution in [-0.4, -0.2) is 24.3 Å². The number of hydrogen-bond donors (Lipinski definition) is 0. The molecule has 128 valence electrons. The lowest BCUT2D eigenvalue weighted by Gasteiger charge is -2.38. The van der Waals surface area contributed by atoms with Gasteiger partial charge in [-0.15, -0.1) is 0 Å². The molecular weight excluding hydrogens is 306 g/mol. The maximum atomic E-state index is 8.98.